The Kier molecular flexibility index (Phi) is 2.45. The van der Waals surface area contributed by atoms with Crippen LogP contribution in [0.4, 0.5) is 5.82 Å². The van der Waals surface area contributed by atoms with Crippen LogP contribution >= 0.6 is 22.6 Å². The zero-order valence-corrected chi connectivity index (χ0v) is 10.1. The molecule has 3 heteroatoms. The summed E-state index contributed by atoms with van der Waals surface area (Å²) in [6.07, 6.45) is 0. The van der Waals surface area contributed by atoms with Crippen LogP contribution in [0.15, 0.2) is 12.1 Å². The van der Waals surface area contributed by atoms with Crippen LogP contribution in [0.1, 0.15) is 12.6 Å². The van der Waals surface area contributed by atoms with Gasteiger partial charge >= 0.3 is 0 Å². The Morgan fingerprint density at radius 2 is 2.15 bits per heavy atom. The van der Waals surface area contributed by atoms with E-state index in [9.17, 15) is 0 Å². The molecular weight excluding hydrogens is 275 g/mol. The van der Waals surface area contributed by atoms with Crippen LogP contribution < -0.4 is 4.90 Å². The van der Waals surface area contributed by atoms with E-state index in [2.05, 4.69) is 58.5 Å². The largest absolute Gasteiger partial charge is 0.356 e. The second-order valence-electron chi connectivity index (χ2n) is 3.75. The van der Waals surface area contributed by atoms with Crippen LogP contribution in [0.2, 0.25) is 0 Å². The quantitative estimate of drug-likeness (QED) is 0.738. The van der Waals surface area contributed by atoms with Crippen molar-refractivity contribution in [2.24, 2.45) is 5.92 Å². The third-order valence-corrected chi connectivity index (χ3v) is 3.53. The highest BCUT2D eigenvalue weighted by molar-refractivity contribution is 14.1. The van der Waals surface area contributed by atoms with Crippen LogP contribution in [0, 0.1) is 16.4 Å². The van der Waals surface area contributed by atoms with Crippen LogP contribution in [0.5, 0.6) is 0 Å². The Labute approximate surface area is 92.5 Å². The van der Waals surface area contributed by atoms with Gasteiger partial charge in [-0.15, -0.1) is 0 Å². The Balaban J connectivity index is 2.18. The predicted molar refractivity (Wildman–Crippen MR) is 63.1 cm³/mol. The number of hydrogen-bond acceptors (Lipinski definition) is 2. The number of nitrogens with zero attached hydrogens (tertiary/aromatic N) is 2. The lowest BCUT2D eigenvalue weighted by Crippen LogP contribution is -2.45. The molecule has 1 aliphatic heterocycles. The van der Waals surface area contributed by atoms with E-state index in [1.165, 1.54) is 3.57 Å². The molecule has 1 aromatic rings. The van der Waals surface area contributed by atoms with E-state index in [4.69, 9.17) is 0 Å². The zero-order chi connectivity index (χ0) is 9.42. The summed E-state index contributed by atoms with van der Waals surface area (Å²) in [5.41, 5.74) is 1.14. The van der Waals surface area contributed by atoms with Crippen LogP contribution in [-0.4, -0.2) is 18.1 Å². The van der Waals surface area contributed by atoms with Gasteiger partial charge in [-0.1, -0.05) is 6.92 Å². The maximum Gasteiger partial charge on any atom is 0.128 e. The molecule has 2 heterocycles. The van der Waals surface area contributed by atoms with Crippen molar-refractivity contribution in [1.82, 2.24) is 4.98 Å². The molecule has 2 rings (SSSR count). The van der Waals surface area contributed by atoms with Crippen LogP contribution in [0.25, 0.3) is 0 Å². The van der Waals surface area contributed by atoms with Crippen molar-refractivity contribution in [3.05, 3.63) is 21.4 Å². The topological polar surface area (TPSA) is 16.1 Å². The highest BCUT2D eigenvalue weighted by atomic mass is 127. The summed E-state index contributed by atoms with van der Waals surface area (Å²) in [5.74, 6) is 1.97. The van der Waals surface area contributed by atoms with Crippen molar-refractivity contribution in [3.63, 3.8) is 0 Å². The van der Waals surface area contributed by atoms with Crippen molar-refractivity contribution in [2.45, 2.75) is 13.8 Å². The number of aromatic nitrogens is 1. The first kappa shape index (κ1) is 9.24. The summed E-state index contributed by atoms with van der Waals surface area (Å²) < 4.78 is 1.25. The average molecular weight is 288 g/mol. The third-order valence-electron chi connectivity index (χ3n) is 2.39. The molecule has 70 valence electrons. The molecule has 0 aliphatic carbocycles. The summed E-state index contributed by atoms with van der Waals surface area (Å²) in [6.45, 7) is 6.66. The van der Waals surface area contributed by atoms with E-state index in [0.717, 1.165) is 30.5 Å². The lowest BCUT2D eigenvalue weighted by atomic mass is 10.0. The molecule has 0 atom stereocenters. The number of aryl methyl sites for hydroxylation is 1. The van der Waals surface area contributed by atoms with Crippen LogP contribution in [-0.2, 0) is 0 Å². The fourth-order valence-electron chi connectivity index (χ4n) is 1.59. The minimum absolute atomic E-state index is 0.835. The molecule has 13 heavy (non-hydrogen) atoms. The van der Waals surface area contributed by atoms with Gasteiger partial charge in [-0.3, -0.25) is 0 Å². The summed E-state index contributed by atoms with van der Waals surface area (Å²) in [5, 5.41) is 0. The second-order valence-corrected chi connectivity index (χ2v) is 4.91. The van der Waals surface area contributed by atoms with Crippen molar-refractivity contribution >= 4 is 28.4 Å². The van der Waals surface area contributed by atoms with Gasteiger partial charge in [0.15, 0.2) is 0 Å². The molecule has 0 N–H and O–H groups in total. The molecule has 1 saturated heterocycles. The number of rotatable bonds is 1. The normalized spacial score (nSPS) is 17.3. The number of hydrogen-bond donors (Lipinski definition) is 0. The molecule has 0 bridgehead atoms. The van der Waals surface area contributed by atoms with E-state index in [1.807, 2.05) is 0 Å². The second kappa shape index (κ2) is 3.44. The highest BCUT2D eigenvalue weighted by Crippen LogP contribution is 2.23. The molecule has 1 aliphatic rings. The maximum absolute atomic E-state index is 4.55. The first-order valence-corrected chi connectivity index (χ1v) is 5.63. The van der Waals surface area contributed by atoms with Crippen LogP contribution in [0.3, 0.4) is 0 Å². The molecule has 0 aromatic carbocycles. The van der Waals surface area contributed by atoms with Crippen molar-refractivity contribution in [2.75, 3.05) is 18.0 Å². The molecular formula is C10H13IN2. The lowest BCUT2D eigenvalue weighted by molar-refractivity contribution is 0.443. The monoisotopic (exact) mass is 288 g/mol. The van der Waals surface area contributed by atoms with Crippen molar-refractivity contribution in [1.29, 1.82) is 0 Å². The molecule has 0 amide bonds. The summed E-state index contributed by atoms with van der Waals surface area (Å²) in [7, 11) is 0. The Morgan fingerprint density at radius 1 is 1.46 bits per heavy atom. The van der Waals surface area contributed by atoms with Gasteiger partial charge < -0.3 is 4.90 Å². The predicted octanol–water partition coefficient (Wildman–Crippen LogP) is 2.45. The zero-order valence-electron chi connectivity index (χ0n) is 7.92. The molecule has 1 fully saturated rings. The summed E-state index contributed by atoms with van der Waals surface area (Å²) >= 11 is 2.32. The third kappa shape index (κ3) is 1.80. The Morgan fingerprint density at radius 3 is 2.69 bits per heavy atom. The minimum Gasteiger partial charge on any atom is -0.356 e. The van der Waals surface area contributed by atoms with Gasteiger partial charge in [0, 0.05) is 16.7 Å². The first-order chi connectivity index (χ1) is 6.16. The molecule has 0 unspecified atom stereocenters. The maximum atomic E-state index is 4.55. The van der Waals surface area contributed by atoms with E-state index < -0.39 is 0 Å². The first-order valence-electron chi connectivity index (χ1n) is 4.55. The van der Waals surface area contributed by atoms with Crippen molar-refractivity contribution in [3.8, 4) is 0 Å². The van der Waals surface area contributed by atoms with Gasteiger partial charge in [0.25, 0.3) is 0 Å². The van der Waals surface area contributed by atoms with Gasteiger partial charge in [-0.2, -0.15) is 0 Å². The van der Waals surface area contributed by atoms with E-state index >= 15 is 0 Å². The average Bonchev–Trinajstić information content (AvgIpc) is 2.05. The van der Waals surface area contributed by atoms with Gasteiger partial charge in [-0.05, 0) is 47.6 Å². The van der Waals surface area contributed by atoms with E-state index in [0.29, 0.717) is 0 Å². The van der Waals surface area contributed by atoms with Gasteiger partial charge in [0.05, 0.1) is 5.69 Å². The molecule has 2 nitrogen and oxygen atoms in total. The standard InChI is InChI=1S/C10H13IN2/c1-7-5-13(6-7)10-4-3-9(11)8(2)12-10/h3-4,7H,5-6H2,1-2H3. The Hall–Kier alpha value is -0.320. The molecule has 0 spiro atoms. The van der Waals surface area contributed by atoms with E-state index in [-0.39, 0.29) is 0 Å². The molecule has 0 saturated carbocycles. The number of pyridine rings is 1. The lowest BCUT2D eigenvalue weighted by Gasteiger charge is -2.38. The smallest absolute Gasteiger partial charge is 0.128 e. The fraction of sp³-hybridized carbons (Fsp3) is 0.500. The van der Waals surface area contributed by atoms with Gasteiger partial charge in [0.2, 0.25) is 0 Å². The molecule has 1 aromatic heterocycles. The molecule has 0 radical (unpaired) electrons. The van der Waals surface area contributed by atoms with Gasteiger partial charge in [-0.25, -0.2) is 4.98 Å². The van der Waals surface area contributed by atoms with Crippen molar-refractivity contribution < 1.29 is 0 Å². The number of anilines is 1. The Bertz CT molecular complexity index is 319. The summed E-state index contributed by atoms with van der Waals surface area (Å²) in [6, 6.07) is 4.25. The SMILES string of the molecule is Cc1nc(N2CC(C)C2)ccc1I. The van der Waals surface area contributed by atoms with E-state index in [1.54, 1.807) is 0 Å². The minimum atomic E-state index is 0.835. The fourth-order valence-corrected chi connectivity index (χ4v) is 1.89. The highest BCUT2D eigenvalue weighted by Gasteiger charge is 2.23. The number of halogens is 1. The van der Waals surface area contributed by atoms with Gasteiger partial charge in [0.1, 0.15) is 5.82 Å². The summed E-state index contributed by atoms with van der Waals surface area (Å²) in [4.78, 5) is 6.87.